The number of nitrogens with zero attached hydrogens (tertiary/aromatic N) is 9. The van der Waals surface area contributed by atoms with Crippen LogP contribution in [0.4, 0.5) is 11.5 Å². The highest BCUT2D eigenvalue weighted by Gasteiger charge is 2.23. The Morgan fingerprint density at radius 2 is 1.49 bits per heavy atom. The minimum Gasteiger partial charge on any atom is -0.507 e. The molecule has 0 aliphatic heterocycles. The minimum atomic E-state index is -0.264. The quantitative estimate of drug-likeness (QED) is 0.200. The van der Waals surface area contributed by atoms with Gasteiger partial charge in [0.1, 0.15) is 41.2 Å². The molecule has 0 fully saturated rings. The maximum absolute atomic E-state index is 11.4. The molecule has 0 unspecified atom stereocenters. The van der Waals surface area contributed by atoms with E-state index in [4.69, 9.17) is 0 Å². The minimum absolute atomic E-state index is 0.110. The molecule has 0 radical (unpaired) electrons. The van der Waals surface area contributed by atoms with Gasteiger partial charge in [0, 0.05) is 24.0 Å². The van der Waals surface area contributed by atoms with Gasteiger partial charge in [-0.1, -0.05) is 31.9 Å². The molecule has 0 bridgehead atoms. The molecular weight excluding hydrogens is 516 g/mol. The lowest BCUT2D eigenvalue weighted by atomic mass is 10.1. The number of rotatable bonds is 9. The van der Waals surface area contributed by atoms with Gasteiger partial charge < -0.3 is 15.0 Å². The summed E-state index contributed by atoms with van der Waals surface area (Å²) in [6, 6.07) is 15.3. The number of fused-ring (bicyclic) bond motifs is 1. The van der Waals surface area contributed by atoms with Crippen molar-refractivity contribution in [1.82, 2.24) is 24.5 Å². The summed E-state index contributed by atoms with van der Waals surface area (Å²) >= 11 is 0. The molecule has 11 heteroatoms. The normalized spacial score (nSPS) is 11.0. The second-order valence-corrected chi connectivity index (χ2v) is 9.21. The van der Waals surface area contributed by atoms with Crippen LogP contribution in [0.25, 0.3) is 23.0 Å². The Bertz CT molecular complexity index is 1820. The third kappa shape index (κ3) is 5.66. The smallest absolute Gasteiger partial charge is 0.179 e. The summed E-state index contributed by atoms with van der Waals surface area (Å²) in [5.74, 6) is -0.0990. The summed E-state index contributed by atoms with van der Waals surface area (Å²) < 4.78 is 1.77. The van der Waals surface area contributed by atoms with Crippen molar-refractivity contribution in [3.63, 3.8) is 0 Å². The highest BCUT2D eigenvalue weighted by Crippen LogP contribution is 2.31. The number of hydrogen-bond donors (Lipinski definition) is 2. The van der Waals surface area contributed by atoms with E-state index in [1.807, 2.05) is 55.5 Å². The summed E-state index contributed by atoms with van der Waals surface area (Å²) in [4.78, 5) is 17.3. The molecule has 0 saturated carbocycles. The molecule has 3 heterocycles. The molecule has 4 rings (SSSR count). The first-order valence-corrected chi connectivity index (χ1v) is 13.1. The van der Waals surface area contributed by atoms with E-state index in [2.05, 4.69) is 32.2 Å². The molecule has 41 heavy (non-hydrogen) atoms. The molecule has 3 aromatic heterocycles. The molecule has 0 aliphatic carbocycles. The van der Waals surface area contributed by atoms with Crippen LogP contribution in [0.2, 0.25) is 0 Å². The molecule has 0 amide bonds. The molecule has 2 N–H and O–H groups in total. The highest BCUT2D eigenvalue weighted by atomic mass is 16.3. The largest absolute Gasteiger partial charge is 0.507 e. The number of nitrogens with one attached hydrogen (secondary N) is 1. The number of aryl methyl sites for hydroxylation is 2. The molecule has 1 aromatic carbocycles. The fraction of sp³-hybridized carbons (Fsp3) is 0.267. The van der Waals surface area contributed by atoms with E-state index in [1.54, 1.807) is 11.5 Å². The van der Waals surface area contributed by atoms with E-state index in [1.165, 1.54) is 11.6 Å². The Morgan fingerprint density at radius 3 is 2.10 bits per heavy atom. The Hall–Kier alpha value is -5.78. The van der Waals surface area contributed by atoms with Gasteiger partial charge in [0.2, 0.25) is 0 Å². The Kier molecular flexibility index (Phi) is 8.53. The van der Waals surface area contributed by atoms with Crippen LogP contribution in [0.1, 0.15) is 78.4 Å². The Labute approximate surface area is 237 Å². The fourth-order valence-electron chi connectivity index (χ4n) is 4.57. The predicted octanol–water partition coefficient (Wildman–Crippen LogP) is 5.57. The van der Waals surface area contributed by atoms with Gasteiger partial charge in [0.25, 0.3) is 0 Å². The van der Waals surface area contributed by atoms with Gasteiger partial charge in [0.05, 0.1) is 5.56 Å². The van der Waals surface area contributed by atoms with Crippen molar-refractivity contribution in [2.75, 3.05) is 5.32 Å². The van der Waals surface area contributed by atoms with Crippen molar-refractivity contribution in [2.24, 2.45) is 0 Å². The molecular formula is C30H26N10O. The van der Waals surface area contributed by atoms with Gasteiger partial charge in [-0.2, -0.15) is 21.0 Å². The lowest BCUT2D eigenvalue weighted by molar-refractivity contribution is 0.514. The third-order valence-electron chi connectivity index (χ3n) is 6.61. The van der Waals surface area contributed by atoms with Crippen LogP contribution in [0.15, 0.2) is 24.3 Å². The molecule has 0 aliphatic rings. The average molecular weight is 543 g/mol. The predicted molar refractivity (Wildman–Crippen MR) is 152 cm³/mol. The number of nitriles is 4. The van der Waals surface area contributed by atoms with Gasteiger partial charge in [-0.05, 0) is 44.4 Å². The van der Waals surface area contributed by atoms with E-state index in [9.17, 15) is 26.2 Å². The molecule has 0 atom stereocenters. The second kappa shape index (κ2) is 12.4. The van der Waals surface area contributed by atoms with Crippen molar-refractivity contribution in [1.29, 1.82) is 21.0 Å². The van der Waals surface area contributed by atoms with Crippen LogP contribution in [-0.4, -0.2) is 29.6 Å². The van der Waals surface area contributed by atoms with Crippen molar-refractivity contribution in [3.8, 4) is 24.3 Å². The topological polar surface area (TPSA) is 184 Å². The maximum Gasteiger partial charge on any atom is 0.179 e. The number of benzene rings is 1. The zero-order valence-electron chi connectivity index (χ0n) is 22.9. The molecule has 0 spiro atoms. The number of unbranched alkanes of at least 4 members (excludes halogenated alkanes) is 2. The van der Waals surface area contributed by atoms with Crippen molar-refractivity contribution >= 4 is 34.5 Å². The van der Waals surface area contributed by atoms with Gasteiger partial charge in [0.15, 0.2) is 34.2 Å². The summed E-state index contributed by atoms with van der Waals surface area (Å²) in [6.07, 6.45) is 5.71. The fourth-order valence-corrected chi connectivity index (χ4v) is 4.57. The van der Waals surface area contributed by atoms with Crippen LogP contribution in [0.3, 0.4) is 0 Å². The van der Waals surface area contributed by atoms with Gasteiger partial charge >= 0.3 is 0 Å². The van der Waals surface area contributed by atoms with Crippen LogP contribution < -0.4 is 5.32 Å². The maximum atomic E-state index is 11.4. The lowest BCUT2D eigenvalue weighted by Gasteiger charge is -2.11. The summed E-state index contributed by atoms with van der Waals surface area (Å²) in [5, 5.41) is 52.5. The Morgan fingerprint density at radius 1 is 0.878 bits per heavy atom. The first-order valence-electron chi connectivity index (χ1n) is 13.1. The monoisotopic (exact) mass is 542 g/mol. The molecule has 4 aromatic rings. The summed E-state index contributed by atoms with van der Waals surface area (Å²) in [6.45, 7) is 6.27. The Balaban J connectivity index is 1.83. The van der Waals surface area contributed by atoms with Crippen molar-refractivity contribution in [2.45, 2.75) is 53.0 Å². The molecule has 0 saturated heterocycles. The van der Waals surface area contributed by atoms with E-state index in [0.717, 1.165) is 25.7 Å². The summed E-state index contributed by atoms with van der Waals surface area (Å²) in [5.41, 5.74) is 2.86. The van der Waals surface area contributed by atoms with Gasteiger partial charge in [-0.25, -0.2) is 19.9 Å². The zero-order chi connectivity index (χ0) is 29.5. The molecule has 11 nitrogen and oxygen atoms in total. The molecule has 202 valence electrons. The SMILES string of the molecule is CCCCCc1ccc(Nc2nc(C#N)c(C#N)nc2/C=C(\O)c2c(C)n(CC)c3nc(C#N)c(C#N)nc23)cc1. The van der Waals surface area contributed by atoms with E-state index < -0.39 is 0 Å². The van der Waals surface area contributed by atoms with Gasteiger partial charge in [-0.15, -0.1) is 0 Å². The van der Waals surface area contributed by atoms with Crippen LogP contribution >= 0.6 is 0 Å². The first kappa shape index (κ1) is 28.2. The second-order valence-electron chi connectivity index (χ2n) is 9.21. The van der Waals surface area contributed by atoms with Crippen molar-refractivity contribution in [3.05, 3.63) is 69.6 Å². The summed E-state index contributed by atoms with van der Waals surface area (Å²) in [7, 11) is 0. The first-order chi connectivity index (χ1) is 19.9. The standard InChI is InChI=1S/C30H26N10O/c1-4-6-7-8-19-9-11-20(12-10-19)35-29-21(36-22(14-31)24(16-33)38-29)13-26(41)27-18(3)40(5-2)30-28(27)37-23(15-32)25(17-34)39-30/h9-13,41H,4-8H2,1-3H3,(H,35,38)/b26-13-. The number of anilines is 2. The van der Waals surface area contributed by atoms with E-state index >= 15 is 0 Å². The highest BCUT2D eigenvalue weighted by molar-refractivity contribution is 5.93. The average Bonchev–Trinajstić information content (AvgIpc) is 3.27. The van der Waals surface area contributed by atoms with E-state index in [0.29, 0.717) is 29.1 Å². The number of aliphatic hydroxyl groups excluding tert-OH is 1. The number of hydrogen-bond acceptors (Lipinski definition) is 10. The van der Waals surface area contributed by atoms with Crippen LogP contribution in [-0.2, 0) is 13.0 Å². The van der Waals surface area contributed by atoms with Gasteiger partial charge in [-0.3, -0.25) is 0 Å². The zero-order valence-corrected chi connectivity index (χ0v) is 22.9. The third-order valence-corrected chi connectivity index (χ3v) is 6.61. The van der Waals surface area contributed by atoms with Crippen LogP contribution in [0, 0.1) is 52.2 Å². The van der Waals surface area contributed by atoms with E-state index in [-0.39, 0.29) is 45.6 Å². The number of aliphatic hydroxyl groups is 1. The van der Waals surface area contributed by atoms with Crippen molar-refractivity contribution < 1.29 is 5.11 Å². The lowest BCUT2D eigenvalue weighted by Crippen LogP contribution is -2.05. The van der Waals surface area contributed by atoms with Crippen LogP contribution in [0.5, 0.6) is 0 Å². The number of aromatic nitrogens is 5.